The molecule has 5 nitrogen and oxygen atoms in total. The van der Waals surface area contributed by atoms with Crippen LogP contribution in [0.15, 0.2) is 211 Å². The third-order valence-corrected chi connectivity index (χ3v) is 14.1. The predicted molar refractivity (Wildman–Crippen MR) is 271 cm³/mol. The highest BCUT2D eigenvalue weighted by molar-refractivity contribution is 7.25. The first-order valence-electron chi connectivity index (χ1n) is 21.8. The van der Waals surface area contributed by atoms with Crippen molar-refractivity contribution in [1.82, 2.24) is 19.5 Å². The van der Waals surface area contributed by atoms with Crippen molar-refractivity contribution in [3.05, 3.63) is 206 Å². The van der Waals surface area contributed by atoms with Gasteiger partial charge in [-0.25, -0.2) is 15.0 Å². The molecule has 65 heavy (non-hydrogen) atoms. The van der Waals surface area contributed by atoms with Gasteiger partial charge in [0.15, 0.2) is 17.5 Å². The van der Waals surface area contributed by atoms with Crippen molar-refractivity contribution >= 4 is 96.8 Å². The van der Waals surface area contributed by atoms with Crippen LogP contribution in [0, 0.1) is 0 Å². The minimum absolute atomic E-state index is 0.576. The molecule has 0 spiro atoms. The third-order valence-electron chi connectivity index (χ3n) is 13.0. The molecule has 0 N–H and O–H groups in total. The lowest BCUT2D eigenvalue weighted by Crippen LogP contribution is -2.04. The van der Waals surface area contributed by atoms with E-state index in [0.29, 0.717) is 17.5 Å². The van der Waals surface area contributed by atoms with E-state index in [1.54, 1.807) is 11.3 Å². The lowest BCUT2D eigenvalue weighted by atomic mass is 10.0. The van der Waals surface area contributed by atoms with Crippen LogP contribution in [0.4, 0.5) is 0 Å². The molecule has 0 bridgehead atoms. The first kappa shape index (κ1) is 36.1. The minimum Gasteiger partial charge on any atom is -0.456 e. The smallest absolute Gasteiger partial charge is 0.166 e. The lowest BCUT2D eigenvalue weighted by molar-refractivity contribution is 0.669. The Bertz CT molecular complexity index is 4240. The van der Waals surface area contributed by atoms with Gasteiger partial charge in [0, 0.05) is 53.0 Å². The average molecular weight is 847 g/mol. The zero-order valence-corrected chi connectivity index (χ0v) is 35.6. The Hall–Kier alpha value is -8.45. The number of fused-ring (bicyclic) bond motifs is 11. The maximum absolute atomic E-state index is 6.82. The molecule has 0 radical (unpaired) electrons. The molecule has 0 atom stereocenters. The number of hydrogen-bond acceptors (Lipinski definition) is 5. The molecule has 14 rings (SSSR count). The molecular formula is C59H34N4OS. The highest BCUT2D eigenvalue weighted by Gasteiger charge is 2.25. The van der Waals surface area contributed by atoms with Crippen LogP contribution in [-0.2, 0) is 0 Å². The quantitative estimate of drug-likeness (QED) is 0.173. The largest absolute Gasteiger partial charge is 0.456 e. The van der Waals surface area contributed by atoms with Gasteiger partial charge in [-0.15, -0.1) is 11.3 Å². The molecule has 6 heteroatoms. The number of furan rings is 1. The van der Waals surface area contributed by atoms with E-state index in [4.69, 9.17) is 19.4 Å². The van der Waals surface area contributed by atoms with E-state index in [1.807, 2.05) is 6.07 Å². The molecule has 10 aromatic carbocycles. The Morgan fingerprint density at radius 3 is 1.74 bits per heavy atom. The van der Waals surface area contributed by atoms with Crippen LogP contribution < -0.4 is 0 Å². The van der Waals surface area contributed by atoms with Crippen molar-refractivity contribution in [2.75, 3.05) is 0 Å². The molecule has 0 unspecified atom stereocenters. The summed E-state index contributed by atoms with van der Waals surface area (Å²) in [4.78, 5) is 16.2. The van der Waals surface area contributed by atoms with Gasteiger partial charge < -0.3 is 8.98 Å². The monoisotopic (exact) mass is 846 g/mol. The van der Waals surface area contributed by atoms with E-state index < -0.39 is 0 Å². The standard InChI is InChI=1S/C59H34N4OS/c1-2-12-35(13-3-1)36-22-24-37(25-23-36)57-60-58(42-26-27-45-44-19-9-11-21-53(44)65-54(45)34-42)62-59(61-57)46-28-29-51-55(48-31-39-15-5-7-17-41(39)33-52(48)64-51)56(46)63-49-20-10-8-18-43(49)47-30-38-14-4-6-16-40(38)32-50(47)63/h1-34H. The van der Waals surface area contributed by atoms with E-state index in [1.165, 1.54) is 41.7 Å². The van der Waals surface area contributed by atoms with E-state index in [2.05, 4.69) is 205 Å². The summed E-state index contributed by atoms with van der Waals surface area (Å²) < 4.78 is 11.7. The Labute approximate surface area is 376 Å². The van der Waals surface area contributed by atoms with Gasteiger partial charge in [-0.3, -0.25) is 0 Å². The number of hydrogen-bond donors (Lipinski definition) is 0. The zero-order chi connectivity index (χ0) is 42.6. The third kappa shape index (κ3) is 5.67. The molecule has 0 amide bonds. The molecule has 302 valence electrons. The van der Waals surface area contributed by atoms with E-state index in [9.17, 15) is 0 Å². The summed E-state index contributed by atoms with van der Waals surface area (Å²) in [5.41, 5.74) is 9.76. The predicted octanol–water partition coefficient (Wildman–Crippen LogP) is 16.2. The highest BCUT2D eigenvalue weighted by Crippen LogP contribution is 2.45. The Balaban J connectivity index is 1.09. The van der Waals surface area contributed by atoms with Crippen molar-refractivity contribution in [2.45, 2.75) is 0 Å². The van der Waals surface area contributed by atoms with Crippen LogP contribution in [0.25, 0.3) is 136 Å². The molecular weight excluding hydrogens is 813 g/mol. The normalized spacial score (nSPS) is 12.0. The molecule has 0 aliphatic rings. The van der Waals surface area contributed by atoms with Gasteiger partial charge in [-0.1, -0.05) is 152 Å². The number of benzene rings is 10. The van der Waals surface area contributed by atoms with Crippen molar-refractivity contribution in [1.29, 1.82) is 0 Å². The summed E-state index contributed by atoms with van der Waals surface area (Å²) in [7, 11) is 0. The summed E-state index contributed by atoms with van der Waals surface area (Å²) in [6, 6.07) is 73.3. The molecule has 0 saturated carbocycles. The minimum atomic E-state index is 0.576. The molecule has 0 aliphatic carbocycles. The van der Waals surface area contributed by atoms with Gasteiger partial charge in [0.25, 0.3) is 0 Å². The Morgan fingerprint density at radius 2 is 0.938 bits per heavy atom. The van der Waals surface area contributed by atoms with Gasteiger partial charge in [0.2, 0.25) is 0 Å². The van der Waals surface area contributed by atoms with Crippen LogP contribution in [0.2, 0.25) is 0 Å². The van der Waals surface area contributed by atoms with Gasteiger partial charge in [0.1, 0.15) is 11.2 Å². The van der Waals surface area contributed by atoms with Crippen LogP contribution in [-0.4, -0.2) is 19.5 Å². The molecule has 0 aliphatic heterocycles. The van der Waals surface area contributed by atoms with Crippen molar-refractivity contribution in [3.8, 4) is 51.0 Å². The number of thiophene rings is 1. The van der Waals surface area contributed by atoms with E-state index in [0.717, 1.165) is 77.2 Å². The van der Waals surface area contributed by atoms with Crippen LogP contribution in [0.1, 0.15) is 0 Å². The highest BCUT2D eigenvalue weighted by atomic mass is 32.1. The molecule has 14 aromatic rings. The van der Waals surface area contributed by atoms with Gasteiger partial charge in [-0.05, 0) is 87.3 Å². The van der Waals surface area contributed by atoms with Crippen molar-refractivity contribution in [3.63, 3.8) is 0 Å². The van der Waals surface area contributed by atoms with Crippen molar-refractivity contribution < 1.29 is 4.42 Å². The van der Waals surface area contributed by atoms with Crippen LogP contribution in [0.3, 0.4) is 0 Å². The van der Waals surface area contributed by atoms with E-state index >= 15 is 0 Å². The number of rotatable bonds is 5. The maximum Gasteiger partial charge on any atom is 0.166 e. The molecule has 4 heterocycles. The first-order valence-corrected chi connectivity index (χ1v) is 22.6. The second kappa shape index (κ2) is 14.0. The average Bonchev–Trinajstić information content (AvgIpc) is 4.03. The maximum atomic E-state index is 6.82. The van der Waals surface area contributed by atoms with E-state index in [-0.39, 0.29) is 0 Å². The summed E-state index contributed by atoms with van der Waals surface area (Å²) >= 11 is 1.79. The Morgan fingerprint density at radius 1 is 0.354 bits per heavy atom. The number of para-hydroxylation sites is 1. The van der Waals surface area contributed by atoms with Gasteiger partial charge >= 0.3 is 0 Å². The van der Waals surface area contributed by atoms with Gasteiger partial charge in [-0.2, -0.15) is 0 Å². The Kier molecular flexibility index (Phi) is 7.79. The fourth-order valence-corrected chi connectivity index (χ4v) is 11.1. The summed E-state index contributed by atoms with van der Waals surface area (Å²) in [5, 5.41) is 11.5. The fourth-order valence-electron chi connectivity index (χ4n) is 9.91. The summed E-state index contributed by atoms with van der Waals surface area (Å²) in [6.45, 7) is 0. The molecule has 0 fully saturated rings. The van der Waals surface area contributed by atoms with Crippen LogP contribution >= 0.6 is 11.3 Å². The SMILES string of the molecule is c1ccc(-c2ccc(-c3nc(-c4ccc5c(c4)sc4ccccc45)nc(-c4ccc5oc6cc7ccccc7cc6c5c4-n4c5ccccc5c5cc6ccccc6cc54)n3)cc2)cc1. The van der Waals surface area contributed by atoms with Crippen molar-refractivity contribution in [2.24, 2.45) is 0 Å². The number of nitrogens with zero attached hydrogens (tertiary/aromatic N) is 4. The molecule has 0 saturated heterocycles. The topological polar surface area (TPSA) is 56.7 Å². The van der Waals surface area contributed by atoms with Crippen LogP contribution in [0.5, 0.6) is 0 Å². The number of aromatic nitrogens is 4. The molecule has 4 aromatic heterocycles. The van der Waals surface area contributed by atoms with Gasteiger partial charge in [0.05, 0.1) is 22.1 Å². The second-order valence-corrected chi connectivity index (χ2v) is 17.8. The summed E-state index contributed by atoms with van der Waals surface area (Å²) in [5.74, 6) is 1.79. The first-order chi connectivity index (χ1) is 32.2. The zero-order valence-electron chi connectivity index (χ0n) is 34.7. The lowest BCUT2D eigenvalue weighted by Gasteiger charge is -2.16. The summed E-state index contributed by atoms with van der Waals surface area (Å²) in [6.07, 6.45) is 0. The fraction of sp³-hybridized carbons (Fsp3) is 0. The second-order valence-electron chi connectivity index (χ2n) is 16.8.